The molecule has 0 rings (SSSR count). The van der Waals surface area contributed by atoms with Gasteiger partial charge in [-0.25, -0.2) is 0 Å². The quantitative estimate of drug-likeness (QED) is 0.571. The molecule has 0 aromatic carbocycles. The van der Waals surface area contributed by atoms with Crippen LogP contribution in [-0.4, -0.2) is 31.6 Å². The van der Waals surface area contributed by atoms with Crippen LogP contribution in [0.15, 0.2) is 0 Å². The summed E-state index contributed by atoms with van der Waals surface area (Å²) in [6.45, 7) is 3.07. The Balaban J connectivity index is 3.61. The summed E-state index contributed by atoms with van der Waals surface area (Å²) in [5.41, 5.74) is 0. The van der Waals surface area contributed by atoms with Crippen molar-refractivity contribution in [2.45, 2.75) is 26.4 Å². The van der Waals surface area contributed by atoms with E-state index in [1.54, 1.807) is 6.92 Å². The number of rotatable bonds is 5. The minimum atomic E-state index is -0.368. The van der Waals surface area contributed by atoms with Gasteiger partial charge in [-0.2, -0.15) is 0 Å². The summed E-state index contributed by atoms with van der Waals surface area (Å²) in [7, 11) is 1.45. The fourth-order valence-corrected chi connectivity index (χ4v) is 0.866. The largest absolute Gasteiger partial charge is 0.462 e. The molecule has 0 fully saturated rings. The molecule has 70 valence electrons. The van der Waals surface area contributed by atoms with Crippen LogP contribution in [0.25, 0.3) is 0 Å². The molecule has 1 unspecified atom stereocenters. The molecule has 0 heterocycles. The first-order chi connectivity index (χ1) is 5.56. The van der Waals surface area contributed by atoms with E-state index in [-0.39, 0.29) is 30.9 Å². The van der Waals surface area contributed by atoms with Crippen molar-refractivity contribution in [3.8, 4) is 0 Å². The zero-order chi connectivity index (χ0) is 9.56. The van der Waals surface area contributed by atoms with E-state index < -0.39 is 0 Å². The van der Waals surface area contributed by atoms with Gasteiger partial charge in [0, 0.05) is 20.5 Å². The van der Waals surface area contributed by atoms with Crippen LogP contribution >= 0.6 is 0 Å². The van der Waals surface area contributed by atoms with Crippen molar-refractivity contribution in [2.24, 2.45) is 0 Å². The Kier molecular flexibility index (Phi) is 5.28. The number of ether oxygens (including phenoxy) is 2. The molecule has 4 nitrogen and oxygen atoms in total. The normalized spacial score (nSPS) is 12.2. The van der Waals surface area contributed by atoms with E-state index in [9.17, 15) is 9.59 Å². The van der Waals surface area contributed by atoms with E-state index in [0.717, 1.165) is 0 Å². The average molecular weight is 174 g/mol. The van der Waals surface area contributed by atoms with Gasteiger partial charge in [0.15, 0.2) is 5.78 Å². The number of Topliss-reactive ketones (excluding diaryl/α,β-unsaturated/α-hetero) is 1. The summed E-state index contributed by atoms with van der Waals surface area (Å²) in [6, 6.07) is 0. The fraction of sp³-hybridized carbons (Fsp3) is 0.750. The van der Waals surface area contributed by atoms with Gasteiger partial charge in [0.05, 0.1) is 0 Å². The predicted molar refractivity (Wildman–Crippen MR) is 42.7 cm³/mol. The third kappa shape index (κ3) is 5.85. The maximum atomic E-state index is 10.9. The van der Waals surface area contributed by atoms with Crippen molar-refractivity contribution in [1.29, 1.82) is 0 Å². The van der Waals surface area contributed by atoms with E-state index in [2.05, 4.69) is 4.74 Å². The van der Waals surface area contributed by atoms with Gasteiger partial charge in [-0.3, -0.25) is 9.59 Å². The Morgan fingerprint density at radius 1 is 1.42 bits per heavy atom. The maximum Gasteiger partial charge on any atom is 0.302 e. The first-order valence-corrected chi connectivity index (χ1v) is 3.74. The average Bonchev–Trinajstić information content (AvgIpc) is 1.84. The van der Waals surface area contributed by atoms with Gasteiger partial charge in [0.25, 0.3) is 0 Å². The lowest BCUT2D eigenvalue weighted by Crippen LogP contribution is -2.19. The molecular formula is C8H14O4. The highest BCUT2D eigenvalue weighted by molar-refractivity contribution is 5.80. The highest BCUT2D eigenvalue weighted by Gasteiger charge is 2.10. The summed E-state index contributed by atoms with van der Waals surface area (Å²) in [5, 5.41) is 0. The lowest BCUT2D eigenvalue weighted by atomic mass is 10.2. The molecule has 0 aliphatic carbocycles. The minimum Gasteiger partial charge on any atom is -0.462 e. The number of ketones is 1. The summed E-state index contributed by atoms with van der Waals surface area (Å²) < 4.78 is 9.37. The van der Waals surface area contributed by atoms with E-state index >= 15 is 0 Å². The first-order valence-electron chi connectivity index (χ1n) is 3.74. The molecule has 0 spiro atoms. The smallest absolute Gasteiger partial charge is 0.302 e. The molecule has 0 bridgehead atoms. The second-order valence-electron chi connectivity index (χ2n) is 2.60. The number of esters is 1. The highest BCUT2D eigenvalue weighted by Crippen LogP contribution is 1.98. The second kappa shape index (κ2) is 5.71. The topological polar surface area (TPSA) is 52.6 Å². The van der Waals surface area contributed by atoms with Crippen LogP contribution in [-0.2, 0) is 19.1 Å². The second-order valence-corrected chi connectivity index (χ2v) is 2.60. The number of methoxy groups -OCH3 is 1. The lowest BCUT2D eigenvalue weighted by molar-refractivity contribution is -0.146. The molecule has 0 aliphatic heterocycles. The summed E-state index contributed by atoms with van der Waals surface area (Å²) in [6.07, 6.45) is -0.141. The number of carbonyl (C=O) groups is 2. The first kappa shape index (κ1) is 11.1. The van der Waals surface area contributed by atoms with Crippen LogP contribution < -0.4 is 0 Å². The van der Waals surface area contributed by atoms with Gasteiger partial charge in [0.1, 0.15) is 12.7 Å². The fourth-order valence-electron chi connectivity index (χ4n) is 0.866. The molecular weight excluding hydrogens is 160 g/mol. The molecule has 0 aromatic rings. The monoisotopic (exact) mass is 174 g/mol. The van der Waals surface area contributed by atoms with Gasteiger partial charge in [-0.05, 0) is 6.92 Å². The van der Waals surface area contributed by atoms with Crippen LogP contribution in [0.3, 0.4) is 0 Å². The van der Waals surface area contributed by atoms with Crippen LogP contribution in [0, 0.1) is 0 Å². The molecule has 1 atom stereocenters. The van der Waals surface area contributed by atoms with Crippen LogP contribution in [0.2, 0.25) is 0 Å². The Labute approximate surface area is 71.8 Å². The Bertz CT molecular complexity index is 164. The molecule has 0 N–H and O–H groups in total. The predicted octanol–water partition coefficient (Wildman–Crippen LogP) is 0.544. The highest BCUT2D eigenvalue weighted by atomic mass is 16.5. The number of carbonyl (C=O) groups excluding carboxylic acids is 2. The molecule has 0 aliphatic rings. The van der Waals surface area contributed by atoms with Crippen molar-refractivity contribution >= 4 is 11.8 Å². The van der Waals surface area contributed by atoms with Crippen molar-refractivity contribution in [2.75, 3.05) is 13.7 Å². The number of hydrogen-bond donors (Lipinski definition) is 0. The van der Waals surface area contributed by atoms with Crippen LogP contribution in [0.5, 0.6) is 0 Å². The molecule has 0 radical (unpaired) electrons. The summed E-state index contributed by atoms with van der Waals surface area (Å²) >= 11 is 0. The molecule has 0 saturated carbocycles. The van der Waals surface area contributed by atoms with Gasteiger partial charge >= 0.3 is 5.97 Å². The lowest BCUT2D eigenvalue weighted by Gasteiger charge is -2.09. The SMILES string of the molecule is COCC(=O)CC(C)OC(C)=O. The van der Waals surface area contributed by atoms with Crippen molar-refractivity contribution < 1.29 is 19.1 Å². The maximum absolute atomic E-state index is 10.9. The third-order valence-electron chi connectivity index (χ3n) is 1.19. The van der Waals surface area contributed by atoms with Crippen molar-refractivity contribution in [3.63, 3.8) is 0 Å². The number of hydrogen-bond acceptors (Lipinski definition) is 4. The minimum absolute atomic E-state index is 0.0637. The van der Waals surface area contributed by atoms with Crippen LogP contribution in [0.4, 0.5) is 0 Å². The van der Waals surface area contributed by atoms with E-state index in [1.807, 2.05) is 0 Å². The van der Waals surface area contributed by atoms with E-state index in [0.29, 0.717) is 0 Å². The van der Waals surface area contributed by atoms with Crippen molar-refractivity contribution in [3.05, 3.63) is 0 Å². The Morgan fingerprint density at radius 2 is 2.00 bits per heavy atom. The zero-order valence-electron chi connectivity index (χ0n) is 7.62. The summed E-state index contributed by atoms with van der Waals surface area (Å²) in [4.78, 5) is 21.3. The summed E-state index contributed by atoms with van der Waals surface area (Å²) in [5.74, 6) is -0.432. The van der Waals surface area contributed by atoms with E-state index in [4.69, 9.17) is 4.74 Å². The molecule has 4 heteroatoms. The molecule has 12 heavy (non-hydrogen) atoms. The van der Waals surface area contributed by atoms with Crippen molar-refractivity contribution in [1.82, 2.24) is 0 Å². The zero-order valence-corrected chi connectivity index (χ0v) is 7.62. The van der Waals surface area contributed by atoms with E-state index in [1.165, 1.54) is 14.0 Å². The Morgan fingerprint density at radius 3 is 2.42 bits per heavy atom. The van der Waals surface area contributed by atoms with Gasteiger partial charge in [0.2, 0.25) is 0 Å². The third-order valence-corrected chi connectivity index (χ3v) is 1.19. The van der Waals surface area contributed by atoms with Gasteiger partial charge in [-0.15, -0.1) is 0 Å². The van der Waals surface area contributed by atoms with Gasteiger partial charge in [-0.1, -0.05) is 0 Å². The molecule has 0 saturated heterocycles. The standard InChI is InChI=1S/C8H14O4/c1-6(12-7(2)9)4-8(10)5-11-3/h6H,4-5H2,1-3H3. The molecule has 0 amide bonds. The van der Waals surface area contributed by atoms with Gasteiger partial charge < -0.3 is 9.47 Å². The Hall–Kier alpha value is -0.900. The van der Waals surface area contributed by atoms with Crippen LogP contribution in [0.1, 0.15) is 20.3 Å². The molecule has 0 aromatic heterocycles.